The van der Waals surface area contributed by atoms with Crippen LogP contribution in [0.25, 0.3) is 11.1 Å². The van der Waals surface area contributed by atoms with Gasteiger partial charge in [-0.2, -0.15) is 0 Å². The van der Waals surface area contributed by atoms with Crippen LogP contribution in [0, 0.1) is 0 Å². The molecular formula is C27H26N2O4S. The molecule has 0 spiro atoms. The molecule has 0 aliphatic heterocycles. The summed E-state index contributed by atoms with van der Waals surface area (Å²) in [6.07, 6.45) is -0.565. The van der Waals surface area contributed by atoms with E-state index in [1.807, 2.05) is 54.6 Å². The highest BCUT2D eigenvalue weighted by atomic mass is 32.1. The maximum absolute atomic E-state index is 12.3. The van der Waals surface area contributed by atoms with E-state index in [1.54, 1.807) is 6.92 Å². The van der Waals surface area contributed by atoms with E-state index < -0.39 is 18.1 Å². The predicted molar refractivity (Wildman–Crippen MR) is 135 cm³/mol. The van der Waals surface area contributed by atoms with Gasteiger partial charge in [-0.05, 0) is 34.7 Å². The molecule has 4 rings (SSSR count). The summed E-state index contributed by atoms with van der Waals surface area (Å²) in [6, 6.07) is 25.1. The van der Waals surface area contributed by atoms with Gasteiger partial charge in [-0.15, -0.1) is 0 Å². The predicted octanol–water partition coefficient (Wildman–Crippen LogP) is 4.57. The number of nitrogens with one attached hydrogen (secondary N) is 2. The van der Waals surface area contributed by atoms with E-state index in [-0.39, 0.29) is 25.7 Å². The van der Waals surface area contributed by atoms with Crippen LogP contribution in [-0.2, 0) is 20.9 Å². The van der Waals surface area contributed by atoms with Crippen molar-refractivity contribution in [3.63, 3.8) is 0 Å². The molecule has 1 atom stereocenters. The minimum absolute atomic E-state index is 0.0115. The lowest BCUT2D eigenvalue weighted by Crippen LogP contribution is -2.43. The van der Waals surface area contributed by atoms with E-state index in [1.165, 1.54) is 11.1 Å². The fraction of sp³-hybridized carbons (Fsp3) is 0.222. The first-order valence-corrected chi connectivity index (χ1v) is 11.5. The smallest absolute Gasteiger partial charge is 0.407 e. The van der Waals surface area contributed by atoms with Crippen LogP contribution >= 0.6 is 12.2 Å². The lowest BCUT2D eigenvalue weighted by molar-refractivity contribution is -0.146. The Morgan fingerprint density at radius 2 is 1.47 bits per heavy atom. The molecule has 7 heteroatoms. The van der Waals surface area contributed by atoms with Crippen LogP contribution in [0.1, 0.15) is 29.5 Å². The minimum atomic E-state index is -0.638. The summed E-state index contributed by atoms with van der Waals surface area (Å²) < 4.78 is 10.8. The lowest BCUT2D eigenvalue weighted by atomic mass is 9.98. The molecule has 2 N–H and O–H groups in total. The average Bonchev–Trinajstić information content (AvgIpc) is 3.19. The van der Waals surface area contributed by atoms with Crippen molar-refractivity contribution in [1.29, 1.82) is 0 Å². The van der Waals surface area contributed by atoms with E-state index in [0.29, 0.717) is 4.99 Å². The maximum Gasteiger partial charge on any atom is 0.407 e. The third kappa shape index (κ3) is 5.61. The second-order valence-electron chi connectivity index (χ2n) is 8.06. The summed E-state index contributed by atoms with van der Waals surface area (Å²) in [5, 5.41) is 5.52. The van der Waals surface area contributed by atoms with E-state index in [2.05, 4.69) is 34.9 Å². The first-order valence-electron chi connectivity index (χ1n) is 11.1. The Morgan fingerprint density at radius 3 is 2.12 bits per heavy atom. The van der Waals surface area contributed by atoms with Crippen molar-refractivity contribution in [2.24, 2.45) is 0 Å². The molecule has 1 unspecified atom stereocenters. The van der Waals surface area contributed by atoms with Crippen molar-refractivity contribution in [1.82, 2.24) is 10.6 Å². The third-order valence-electron chi connectivity index (χ3n) is 5.69. The zero-order valence-corrected chi connectivity index (χ0v) is 19.6. The molecule has 34 heavy (non-hydrogen) atoms. The fourth-order valence-corrected chi connectivity index (χ4v) is 4.26. The number of esters is 1. The van der Waals surface area contributed by atoms with Gasteiger partial charge in [-0.3, -0.25) is 0 Å². The molecule has 0 saturated carbocycles. The molecule has 0 bridgehead atoms. The summed E-state index contributed by atoms with van der Waals surface area (Å²) in [6.45, 7) is 2.13. The van der Waals surface area contributed by atoms with Crippen molar-refractivity contribution in [3.8, 4) is 11.1 Å². The standard InChI is InChI=1S/C27H26N2O4S/c1-18(26(30)32-16-19-9-3-2-4-10-19)29-25(34)15-28-27(31)33-17-24-22-13-7-5-11-20(22)21-12-6-8-14-23(21)24/h2-14,18,24H,15-17H2,1H3,(H,28,31)(H,29,34). The highest BCUT2D eigenvalue weighted by Crippen LogP contribution is 2.44. The summed E-state index contributed by atoms with van der Waals surface area (Å²) in [4.78, 5) is 24.8. The fourth-order valence-electron chi connectivity index (χ4n) is 4.01. The number of alkyl carbamates (subject to hydrolysis) is 1. The van der Waals surface area contributed by atoms with Crippen LogP contribution in [0.15, 0.2) is 78.9 Å². The maximum atomic E-state index is 12.3. The van der Waals surface area contributed by atoms with E-state index in [0.717, 1.165) is 16.7 Å². The Hall–Kier alpha value is -3.71. The number of ether oxygens (including phenoxy) is 2. The Kier molecular flexibility index (Phi) is 7.54. The number of carbonyl (C=O) groups excluding carboxylic acids is 2. The van der Waals surface area contributed by atoms with Gasteiger partial charge in [0.15, 0.2) is 0 Å². The highest BCUT2D eigenvalue weighted by Gasteiger charge is 2.29. The number of rotatable bonds is 8. The number of amides is 1. The van der Waals surface area contributed by atoms with E-state index in [4.69, 9.17) is 21.7 Å². The molecule has 0 radical (unpaired) electrons. The Morgan fingerprint density at radius 1 is 0.882 bits per heavy atom. The lowest BCUT2D eigenvalue weighted by Gasteiger charge is -2.17. The van der Waals surface area contributed by atoms with Gasteiger partial charge < -0.3 is 20.1 Å². The summed E-state index contributed by atoms with van der Waals surface area (Å²) in [7, 11) is 0. The number of hydrogen-bond acceptors (Lipinski definition) is 5. The summed E-state index contributed by atoms with van der Waals surface area (Å²) >= 11 is 5.25. The SMILES string of the molecule is CC(NC(=S)CNC(=O)OCC1c2ccccc2-c2ccccc21)C(=O)OCc1ccccc1. The second kappa shape index (κ2) is 10.9. The zero-order valence-electron chi connectivity index (χ0n) is 18.8. The number of thiocarbonyl (C=S) groups is 1. The van der Waals surface area contributed by atoms with Gasteiger partial charge in [0.2, 0.25) is 0 Å². The van der Waals surface area contributed by atoms with Crippen LogP contribution < -0.4 is 10.6 Å². The molecule has 0 saturated heterocycles. The monoisotopic (exact) mass is 474 g/mol. The van der Waals surface area contributed by atoms with Gasteiger partial charge in [0, 0.05) is 5.92 Å². The molecule has 174 valence electrons. The van der Waals surface area contributed by atoms with Crippen molar-refractivity contribution >= 4 is 29.3 Å². The first kappa shape index (κ1) is 23.4. The summed E-state index contributed by atoms with van der Waals surface area (Å²) in [5.41, 5.74) is 5.55. The zero-order chi connectivity index (χ0) is 23.9. The second-order valence-corrected chi connectivity index (χ2v) is 8.55. The largest absolute Gasteiger partial charge is 0.459 e. The van der Waals surface area contributed by atoms with E-state index >= 15 is 0 Å². The number of fused-ring (bicyclic) bond motifs is 3. The van der Waals surface area contributed by atoms with Crippen molar-refractivity contribution in [2.75, 3.05) is 13.2 Å². The molecule has 1 aliphatic carbocycles. The van der Waals surface area contributed by atoms with Crippen LogP contribution in [0.4, 0.5) is 4.79 Å². The normalized spacial score (nSPS) is 12.7. The van der Waals surface area contributed by atoms with Crippen LogP contribution in [0.2, 0.25) is 0 Å². The molecule has 1 amide bonds. The molecule has 1 aliphatic rings. The van der Waals surface area contributed by atoms with Crippen LogP contribution in [-0.4, -0.2) is 36.2 Å². The Bertz CT molecular complexity index is 1140. The van der Waals surface area contributed by atoms with Gasteiger partial charge in [0.25, 0.3) is 0 Å². The number of hydrogen-bond donors (Lipinski definition) is 2. The van der Waals surface area contributed by atoms with E-state index in [9.17, 15) is 9.59 Å². The minimum Gasteiger partial charge on any atom is -0.459 e. The van der Waals surface area contributed by atoms with Crippen molar-refractivity contribution < 1.29 is 19.1 Å². The molecule has 3 aromatic carbocycles. The van der Waals surface area contributed by atoms with Crippen LogP contribution in [0.3, 0.4) is 0 Å². The molecule has 0 heterocycles. The number of benzene rings is 3. The molecular weight excluding hydrogens is 448 g/mol. The van der Waals surface area contributed by atoms with Crippen LogP contribution in [0.5, 0.6) is 0 Å². The summed E-state index contributed by atoms with van der Waals surface area (Å²) in [5.74, 6) is -0.435. The van der Waals surface area contributed by atoms with Gasteiger partial charge in [0.1, 0.15) is 19.3 Å². The average molecular weight is 475 g/mol. The number of carbonyl (C=O) groups is 2. The Labute approximate surface area is 204 Å². The van der Waals surface area contributed by atoms with Crippen molar-refractivity contribution in [2.45, 2.75) is 25.5 Å². The van der Waals surface area contributed by atoms with Crippen molar-refractivity contribution in [3.05, 3.63) is 95.6 Å². The van der Waals surface area contributed by atoms with Gasteiger partial charge in [0.05, 0.1) is 11.5 Å². The topological polar surface area (TPSA) is 76.7 Å². The first-order chi connectivity index (χ1) is 16.5. The highest BCUT2D eigenvalue weighted by molar-refractivity contribution is 7.80. The molecule has 0 fully saturated rings. The van der Waals surface area contributed by atoms with Gasteiger partial charge >= 0.3 is 12.1 Å². The molecule has 3 aromatic rings. The third-order valence-corrected chi connectivity index (χ3v) is 5.95. The Balaban J connectivity index is 1.21. The molecule has 0 aromatic heterocycles. The van der Waals surface area contributed by atoms with Gasteiger partial charge in [-0.1, -0.05) is 91.1 Å². The van der Waals surface area contributed by atoms with Gasteiger partial charge in [-0.25, -0.2) is 9.59 Å². The molecule has 6 nitrogen and oxygen atoms in total. The quantitative estimate of drug-likeness (QED) is 0.368.